The van der Waals surface area contributed by atoms with Crippen LogP contribution in [0.15, 0.2) is 24.3 Å². The van der Waals surface area contributed by atoms with Gasteiger partial charge in [-0.2, -0.15) is 5.10 Å². The summed E-state index contributed by atoms with van der Waals surface area (Å²) in [4.78, 5) is 9.43. The second-order valence-corrected chi connectivity index (χ2v) is 6.24. The number of ether oxygens (including phenoxy) is 1. The van der Waals surface area contributed by atoms with E-state index in [4.69, 9.17) is 9.72 Å². The molecule has 0 N–H and O–H groups in total. The van der Waals surface area contributed by atoms with Crippen LogP contribution in [0, 0.1) is 0 Å². The molecule has 6 heteroatoms. The second kappa shape index (κ2) is 8.14. The lowest BCUT2D eigenvalue weighted by Gasteiger charge is -2.24. The third kappa shape index (κ3) is 4.00. The van der Waals surface area contributed by atoms with Crippen LogP contribution >= 0.6 is 0 Å². The van der Waals surface area contributed by atoms with Crippen LogP contribution in [0.5, 0.6) is 5.75 Å². The van der Waals surface area contributed by atoms with Gasteiger partial charge in [0.2, 0.25) is 5.95 Å². The van der Waals surface area contributed by atoms with Gasteiger partial charge in [-0.25, -0.2) is 4.98 Å². The van der Waals surface area contributed by atoms with Crippen molar-refractivity contribution in [3.8, 4) is 5.75 Å². The zero-order chi connectivity index (χ0) is 17.6. The van der Waals surface area contributed by atoms with Crippen molar-refractivity contribution >= 4 is 11.6 Å². The molecule has 3 rings (SSSR count). The summed E-state index contributed by atoms with van der Waals surface area (Å²) in [5, 5.41) is 8.76. The highest BCUT2D eigenvalue weighted by Gasteiger charge is 2.18. The van der Waals surface area contributed by atoms with Crippen LogP contribution in [-0.4, -0.2) is 48.5 Å². The predicted molar refractivity (Wildman–Crippen MR) is 101 cm³/mol. The zero-order valence-electron chi connectivity index (χ0n) is 15.4. The van der Waals surface area contributed by atoms with Gasteiger partial charge in [-0.05, 0) is 43.5 Å². The van der Waals surface area contributed by atoms with E-state index in [0.717, 1.165) is 68.5 Å². The van der Waals surface area contributed by atoms with Gasteiger partial charge in [-0.1, -0.05) is 13.8 Å². The number of hydrogen-bond acceptors (Lipinski definition) is 6. The third-order valence-electron chi connectivity index (χ3n) is 4.71. The Morgan fingerprint density at radius 3 is 2.24 bits per heavy atom. The molecule has 2 heterocycles. The smallest absolute Gasteiger partial charge is 0.245 e. The standard InChI is InChI=1S/C19H27N5O/c1-4-17-18(5-2)21-22-19(20-17)24-12-6-11-23(13-14-24)15-7-9-16(25-3)10-8-15/h7-10H,4-6,11-14H2,1-3H3. The first-order chi connectivity index (χ1) is 12.2. The summed E-state index contributed by atoms with van der Waals surface area (Å²) in [6.07, 6.45) is 2.86. The summed E-state index contributed by atoms with van der Waals surface area (Å²) in [6, 6.07) is 8.28. The lowest BCUT2D eigenvalue weighted by atomic mass is 10.2. The lowest BCUT2D eigenvalue weighted by molar-refractivity contribution is 0.415. The molecule has 1 saturated heterocycles. The quantitative estimate of drug-likeness (QED) is 0.833. The van der Waals surface area contributed by atoms with E-state index in [9.17, 15) is 0 Å². The third-order valence-corrected chi connectivity index (χ3v) is 4.71. The minimum absolute atomic E-state index is 0.769. The maximum Gasteiger partial charge on any atom is 0.245 e. The normalized spacial score (nSPS) is 15.2. The van der Waals surface area contributed by atoms with E-state index in [1.807, 2.05) is 12.1 Å². The van der Waals surface area contributed by atoms with Crippen molar-refractivity contribution in [3.63, 3.8) is 0 Å². The zero-order valence-corrected chi connectivity index (χ0v) is 15.4. The molecule has 0 aliphatic carbocycles. The van der Waals surface area contributed by atoms with Gasteiger partial charge in [0.1, 0.15) is 5.75 Å². The van der Waals surface area contributed by atoms with Gasteiger partial charge in [-0.3, -0.25) is 0 Å². The molecule has 1 aromatic heterocycles. The van der Waals surface area contributed by atoms with E-state index in [0.29, 0.717) is 0 Å². The van der Waals surface area contributed by atoms with Crippen LogP contribution < -0.4 is 14.5 Å². The molecule has 0 amide bonds. The summed E-state index contributed by atoms with van der Waals surface area (Å²) in [7, 11) is 1.70. The molecule has 6 nitrogen and oxygen atoms in total. The monoisotopic (exact) mass is 341 g/mol. The highest BCUT2D eigenvalue weighted by Crippen LogP contribution is 2.21. The van der Waals surface area contributed by atoms with E-state index < -0.39 is 0 Å². The van der Waals surface area contributed by atoms with Crippen molar-refractivity contribution in [2.75, 3.05) is 43.1 Å². The molecule has 25 heavy (non-hydrogen) atoms. The van der Waals surface area contributed by atoms with Crippen molar-refractivity contribution in [1.82, 2.24) is 15.2 Å². The summed E-state index contributed by atoms with van der Waals surface area (Å²) in [5.41, 5.74) is 3.32. The second-order valence-electron chi connectivity index (χ2n) is 6.24. The van der Waals surface area contributed by atoms with Crippen molar-refractivity contribution < 1.29 is 4.74 Å². The molecule has 0 unspecified atom stereocenters. The molecule has 134 valence electrons. The highest BCUT2D eigenvalue weighted by atomic mass is 16.5. The number of anilines is 2. The number of benzene rings is 1. The maximum atomic E-state index is 5.25. The SMILES string of the molecule is CCc1nnc(N2CCCN(c3ccc(OC)cc3)CC2)nc1CC. The van der Waals surface area contributed by atoms with E-state index in [1.54, 1.807) is 7.11 Å². The van der Waals surface area contributed by atoms with Crippen molar-refractivity contribution in [3.05, 3.63) is 35.7 Å². The molecule has 0 radical (unpaired) electrons. The minimum atomic E-state index is 0.769. The molecule has 1 aromatic carbocycles. The topological polar surface area (TPSA) is 54.4 Å². The predicted octanol–water partition coefficient (Wildman–Crippen LogP) is 2.72. The molecule has 2 aromatic rings. The van der Waals surface area contributed by atoms with Crippen LogP contribution in [0.25, 0.3) is 0 Å². The molecule has 1 aliphatic rings. The van der Waals surface area contributed by atoms with Crippen LogP contribution in [0.4, 0.5) is 11.6 Å². The van der Waals surface area contributed by atoms with Gasteiger partial charge in [0.25, 0.3) is 0 Å². The van der Waals surface area contributed by atoms with Gasteiger partial charge in [0.15, 0.2) is 0 Å². The molecular formula is C19H27N5O. The molecular weight excluding hydrogens is 314 g/mol. The molecule has 0 saturated carbocycles. The molecule has 1 fully saturated rings. The van der Waals surface area contributed by atoms with Crippen molar-refractivity contribution in [2.45, 2.75) is 33.1 Å². The maximum absolute atomic E-state index is 5.25. The Hall–Kier alpha value is -2.37. The van der Waals surface area contributed by atoms with Gasteiger partial charge >= 0.3 is 0 Å². The van der Waals surface area contributed by atoms with Crippen LogP contribution in [-0.2, 0) is 12.8 Å². The largest absolute Gasteiger partial charge is 0.497 e. The van der Waals surface area contributed by atoms with E-state index in [1.165, 1.54) is 5.69 Å². The Balaban J connectivity index is 1.70. The minimum Gasteiger partial charge on any atom is -0.497 e. The first-order valence-corrected chi connectivity index (χ1v) is 9.11. The summed E-state index contributed by atoms with van der Waals surface area (Å²) in [5.74, 6) is 1.66. The van der Waals surface area contributed by atoms with Gasteiger partial charge < -0.3 is 14.5 Å². The van der Waals surface area contributed by atoms with E-state index >= 15 is 0 Å². The highest BCUT2D eigenvalue weighted by molar-refractivity contribution is 5.49. The van der Waals surface area contributed by atoms with Crippen LogP contribution in [0.3, 0.4) is 0 Å². The van der Waals surface area contributed by atoms with Gasteiger partial charge in [-0.15, -0.1) is 5.10 Å². The molecule has 0 spiro atoms. The van der Waals surface area contributed by atoms with Gasteiger partial charge in [0, 0.05) is 31.9 Å². The van der Waals surface area contributed by atoms with E-state index in [2.05, 4.69) is 46.0 Å². The first-order valence-electron chi connectivity index (χ1n) is 9.11. The number of aryl methyl sites for hydroxylation is 2. The number of rotatable bonds is 5. The average Bonchev–Trinajstić information content (AvgIpc) is 2.93. The van der Waals surface area contributed by atoms with Crippen LogP contribution in [0.2, 0.25) is 0 Å². The van der Waals surface area contributed by atoms with Crippen molar-refractivity contribution in [2.24, 2.45) is 0 Å². The Kier molecular flexibility index (Phi) is 5.68. The fourth-order valence-electron chi connectivity index (χ4n) is 3.23. The summed E-state index contributed by atoms with van der Waals surface area (Å²) >= 11 is 0. The molecule has 0 bridgehead atoms. The first kappa shape index (κ1) is 17.5. The van der Waals surface area contributed by atoms with Crippen LogP contribution in [0.1, 0.15) is 31.7 Å². The Morgan fingerprint density at radius 2 is 1.56 bits per heavy atom. The number of methoxy groups -OCH3 is 1. The molecule has 1 aliphatic heterocycles. The Labute approximate surface area is 149 Å². The fraction of sp³-hybridized carbons (Fsp3) is 0.526. The Morgan fingerprint density at radius 1 is 0.880 bits per heavy atom. The summed E-state index contributed by atoms with van der Waals surface area (Å²) < 4.78 is 5.25. The van der Waals surface area contributed by atoms with E-state index in [-0.39, 0.29) is 0 Å². The number of hydrogen-bond donors (Lipinski definition) is 0. The molecule has 0 atom stereocenters. The lowest BCUT2D eigenvalue weighted by Crippen LogP contribution is -2.32. The van der Waals surface area contributed by atoms with Gasteiger partial charge in [0.05, 0.1) is 18.5 Å². The number of nitrogens with zero attached hydrogens (tertiary/aromatic N) is 5. The summed E-state index contributed by atoms with van der Waals surface area (Å²) in [6.45, 7) is 8.08. The fourth-order valence-corrected chi connectivity index (χ4v) is 3.23. The average molecular weight is 341 g/mol. The Bertz CT molecular complexity index is 689. The van der Waals surface area contributed by atoms with Crippen molar-refractivity contribution in [1.29, 1.82) is 0 Å². The number of aromatic nitrogens is 3.